The van der Waals surface area contributed by atoms with E-state index in [9.17, 15) is 0 Å². The van der Waals surface area contributed by atoms with Gasteiger partial charge < -0.3 is 4.52 Å². The van der Waals surface area contributed by atoms with Crippen molar-refractivity contribution in [1.82, 2.24) is 9.34 Å². The van der Waals surface area contributed by atoms with Gasteiger partial charge in [0.1, 0.15) is 0 Å². The number of fused-ring (bicyclic) bond motifs is 2. The number of hydrogen-bond acceptors (Lipinski definition) is 3. The second-order valence-corrected chi connectivity index (χ2v) is 9.15. The molecule has 1 heterocycles. The topological polar surface area (TPSA) is 15.7 Å². The Morgan fingerprint density at radius 2 is 1.58 bits per heavy atom. The minimum atomic E-state index is -0.657. The van der Waals surface area contributed by atoms with Crippen LogP contribution < -0.4 is 0 Å². The highest BCUT2D eigenvalue weighted by Crippen LogP contribution is 2.57. The molecule has 2 fully saturated rings. The molecular weight excluding hydrogens is 315 g/mol. The normalized spacial score (nSPS) is 27.5. The molecule has 128 valence electrons. The van der Waals surface area contributed by atoms with Crippen LogP contribution in [0, 0.1) is 0 Å². The summed E-state index contributed by atoms with van der Waals surface area (Å²) in [6.45, 7) is 2.19. The Labute approximate surface area is 146 Å². The Kier molecular flexibility index (Phi) is 4.62. The summed E-state index contributed by atoms with van der Waals surface area (Å²) in [4.78, 5) is 0. The zero-order valence-electron chi connectivity index (χ0n) is 14.9. The van der Waals surface area contributed by atoms with E-state index < -0.39 is 8.45 Å². The van der Waals surface area contributed by atoms with E-state index in [0.29, 0.717) is 12.1 Å². The standard InChI is InChI=1S/C20H27N2OP/c1-15(17-13-12-16-8-4-5-9-18(16)14-17)23-24-21(2)19-10-6-7-11-20(19)22(24)3/h4-5,8-9,12-15,19-20H,6-7,10-11H2,1-3H3/t15-,19-,20-/m1/s1. The van der Waals surface area contributed by atoms with Gasteiger partial charge in [0.15, 0.2) is 8.45 Å². The third-order valence-electron chi connectivity index (χ3n) is 5.69. The van der Waals surface area contributed by atoms with E-state index in [4.69, 9.17) is 4.52 Å². The first kappa shape index (κ1) is 16.5. The van der Waals surface area contributed by atoms with E-state index in [1.54, 1.807) is 0 Å². The Balaban J connectivity index is 1.53. The lowest BCUT2D eigenvalue weighted by Crippen LogP contribution is -2.37. The van der Waals surface area contributed by atoms with Crippen molar-refractivity contribution >= 4 is 19.2 Å². The molecule has 2 aromatic rings. The molecule has 2 aromatic carbocycles. The smallest absolute Gasteiger partial charge is 0.188 e. The fraction of sp³-hybridized carbons (Fsp3) is 0.500. The Bertz CT molecular complexity index is 704. The van der Waals surface area contributed by atoms with Gasteiger partial charge in [-0.25, -0.2) is 9.34 Å². The molecule has 0 N–H and O–H groups in total. The Hall–Kier alpha value is -0.990. The lowest BCUT2D eigenvalue weighted by molar-refractivity contribution is 0.223. The van der Waals surface area contributed by atoms with Crippen molar-refractivity contribution in [2.45, 2.75) is 50.8 Å². The SMILES string of the molecule is C[C@@H](OP1N(C)[C@@H]2CCCC[C@H]2N1C)c1ccc2ccccc2c1. The van der Waals surface area contributed by atoms with Crippen LogP contribution >= 0.6 is 8.45 Å². The monoisotopic (exact) mass is 342 g/mol. The van der Waals surface area contributed by atoms with E-state index >= 15 is 0 Å². The van der Waals surface area contributed by atoms with Crippen LogP contribution in [0.1, 0.15) is 44.3 Å². The van der Waals surface area contributed by atoms with Crippen molar-refractivity contribution in [1.29, 1.82) is 0 Å². The number of benzene rings is 2. The van der Waals surface area contributed by atoms with Gasteiger partial charge in [0.2, 0.25) is 0 Å². The third-order valence-corrected chi connectivity index (χ3v) is 7.87. The molecule has 1 saturated carbocycles. The molecule has 0 unspecified atom stereocenters. The predicted molar refractivity (Wildman–Crippen MR) is 102 cm³/mol. The molecule has 0 aromatic heterocycles. The number of likely N-dealkylation sites (N-methyl/N-ethyl adjacent to an activating group) is 2. The van der Waals surface area contributed by atoms with Crippen LogP contribution in [0.2, 0.25) is 0 Å². The van der Waals surface area contributed by atoms with E-state index in [-0.39, 0.29) is 6.10 Å². The van der Waals surface area contributed by atoms with Gasteiger partial charge in [-0.05, 0) is 56.3 Å². The maximum atomic E-state index is 6.58. The van der Waals surface area contributed by atoms with Crippen molar-refractivity contribution < 1.29 is 4.52 Å². The fourth-order valence-electron chi connectivity index (χ4n) is 4.25. The molecule has 0 bridgehead atoms. The van der Waals surface area contributed by atoms with Gasteiger partial charge in [0.05, 0.1) is 6.10 Å². The largest absolute Gasteiger partial charge is 0.323 e. The lowest BCUT2D eigenvalue weighted by Gasteiger charge is -2.28. The zero-order chi connectivity index (χ0) is 16.7. The molecule has 4 heteroatoms. The summed E-state index contributed by atoms with van der Waals surface area (Å²) in [7, 11) is 3.85. The van der Waals surface area contributed by atoms with Crippen LogP contribution in [0.5, 0.6) is 0 Å². The van der Waals surface area contributed by atoms with Crippen LogP contribution in [0.25, 0.3) is 10.8 Å². The summed E-state index contributed by atoms with van der Waals surface area (Å²) in [6, 6.07) is 16.6. The van der Waals surface area contributed by atoms with Crippen LogP contribution in [-0.2, 0) is 4.52 Å². The van der Waals surface area contributed by atoms with Crippen LogP contribution in [0.3, 0.4) is 0 Å². The lowest BCUT2D eigenvalue weighted by atomic mass is 9.91. The molecule has 0 radical (unpaired) electrons. The average Bonchev–Trinajstić information content (AvgIpc) is 2.86. The molecule has 1 aliphatic carbocycles. The first-order chi connectivity index (χ1) is 11.6. The van der Waals surface area contributed by atoms with Crippen LogP contribution in [0.15, 0.2) is 42.5 Å². The van der Waals surface area contributed by atoms with Gasteiger partial charge >= 0.3 is 0 Å². The minimum Gasteiger partial charge on any atom is -0.323 e. The molecule has 24 heavy (non-hydrogen) atoms. The van der Waals surface area contributed by atoms with Crippen LogP contribution in [-0.4, -0.2) is 35.5 Å². The third kappa shape index (κ3) is 2.88. The van der Waals surface area contributed by atoms with Gasteiger partial charge in [0, 0.05) is 12.1 Å². The molecular formula is C20H27N2OP. The van der Waals surface area contributed by atoms with Gasteiger partial charge in [0.25, 0.3) is 0 Å². The summed E-state index contributed by atoms with van der Waals surface area (Å²) >= 11 is 0. The highest BCUT2D eigenvalue weighted by Gasteiger charge is 2.46. The average molecular weight is 342 g/mol. The molecule has 3 nitrogen and oxygen atoms in total. The molecule has 4 rings (SSSR count). The molecule has 0 spiro atoms. The Morgan fingerprint density at radius 1 is 0.958 bits per heavy atom. The summed E-state index contributed by atoms with van der Waals surface area (Å²) in [5.41, 5.74) is 1.27. The molecule has 1 aliphatic heterocycles. The highest BCUT2D eigenvalue weighted by atomic mass is 31.2. The predicted octanol–water partition coefficient (Wildman–Crippen LogP) is 5.33. The van der Waals surface area contributed by atoms with E-state index in [2.05, 4.69) is 72.8 Å². The maximum absolute atomic E-state index is 6.58. The van der Waals surface area contributed by atoms with E-state index in [0.717, 1.165) is 0 Å². The quantitative estimate of drug-likeness (QED) is 0.701. The van der Waals surface area contributed by atoms with Crippen molar-refractivity contribution in [3.8, 4) is 0 Å². The minimum absolute atomic E-state index is 0.116. The number of nitrogens with zero attached hydrogens (tertiary/aromatic N) is 2. The zero-order valence-corrected chi connectivity index (χ0v) is 15.7. The summed E-state index contributed by atoms with van der Waals surface area (Å²) in [6.07, 6.45) is 5.48. The van der Waals surface area contributed by atoms with Crippen molar-refractivity contribution in [3.63, 3.8) is 0 Å². The molecule has 3 atom stereocenters. The first-order valence-corrected chi connectivity index (χ1v) is 10.2. The highest BCUT2D eigenvalue weighted by molar-refractivity contribution is 7.47. The van der Waals surface area contributed by atoms with Gasteiger partial charge in [-0.3, -0.25) is 0 Å². The fourth-order valence-corrected chi connectivity index (χ4v) is 6.44. The number of rotatable bonds is 3. The second kappa shape index (κ2) is 6.72. The first-order valence-electron chi connectivity index (χ1n) is 9.06. The van der Waals surface area contributed by atoms with E-state index in [1.165, 1.54) is 42.0 Å². The summed E-state index contributed by atoms with van der Waals surface area (Å²) in [5.74, 6) is 0. The van der Waals surface area contributed by atoms with E-state index in [1.807, 2.05) is 0 Å². The van der Waals surface area contributed by atoms with Gasteiger partial charge in [-0.1, -0.05) is 49.2 Å². The van der Waals surface area contributed by atoms with Crippen molar-refractivity contribution in [3.05, 3.63) is 48.0 Å². The molecule has 2 aliphatic rings. The van der Waals surface area contributed by atoms with Crippen LogP contribution in [0.4, 0.5) is 0 Å². The van der Waals surface area contributed by atoms with Gasteiger partial charge in [-0.2, -0.15) is 0 Å². The molecule has 0 amide bonds. The number of hydrogen-bond donors (Lipinski definition) is 0. The summed E-state index contributed by atoms with van der Waals surface area (Å²) < 4.78 is 11.6. The second-order valence-electron chi connectivity index (χ2n) is 7.17. The Morgan fingerprint density at radius 3 is 2.25 bits per heavy atom. The van der Waals surface area contributed by atoms with Crippen molar-refractivity contribution in [2.24, 2.45) is 0 Å². The molecule has 1 saturated heterocycles. The summed E-state index contributed by atoms with van der Waals surface area (Å²) in [5, 5.41) is 2.58. The van der Waals surface area contributed by atoms with Gasteiger partial charge in [-0.15, -0.1) is 0 Å². The van der Waals surface area contributed by atoms with Crippen molar-refractivity contribution in [2.75, 3.05) is 14.1 Å². The maximum Gasteiger partial charge on any atom is 0.188 e.